The molecule has 0 saturated carbocycles. The Morgan fingerprint density at radius 1 is 1.28 bits per heavy atom. The summed E-state index contributed by atoms with van der Waals surface area (Å²) in [7, 11) is 0. The van der Waals surface area contributed by atoms with Gasteiger partial charge in [-0.2, -0.15) is 13.2 Å². The number of alkyl halides is 3. The van der Waals surface area contributed by atoms with Crippen LogP contribution in [0.25, 0.3) is 0 Å². The molecule has 0 radical (unpaired) electrons. The predicted molar refractivity (Wildman–Crippen MR) is 62.4 cm³/mol. The van der Waals surface area contributed by atoms with E-state index in [1.165, 1.54) is 18.2 Å². The fraction of sp³-hybridized carbons (Fsp3) is 0.500. The van der Waals surface area contributed by atoms with Gasteiger partial charge in [0.15, 0.2) is 0 Å². The summed E-state index contributed by atoms with van der Waals surface area (Å²) in [5.41, 5.74) is 5.86. The third kappa shape index (κ3) is 4.18. The van der Waals surface area contributed by atoms with Crippen molar-refractivity contribution in [3.05, 3.63) is 29.6 Å². The highest BCUT2D eigenvalue weighted by molar-refractivity contribution is 5.47. The van der Waals surface area contributed by atoms with Crippen LogP contribution in [0.1, 0.15) is 19.4 Å². The van der Waals surface area contributed by atoms with Crippen molar-refractivity contribution in [2.45, 2.75) is 32.6 Å². The molecule has 0 spiro atoms. The maximum absolute atomic E-state index is 13.5. The first kappa shape index (κ1) is 14.8. The Balaban J connectivity index is 2.90. The van der Waals surface area contributed by atoms with E-state index in [2.05, 4.69) is 0 Å². The van der Waals surface area contributed by atoms with Gasteiger partial charge >= 0.3 is 6.18 Å². The van der Waals surface area contributed by atoms with Crippen molar-refractivity contribution in [3.8, 4) is 0 Å². The second-order valence-corrected chi connectivity index (χ2v) is 4.42. The van der Waals surface area contributed by atoms with E-state index in [4.69, 9.17) is 5.73 Å². The van der Waals surface area contributed by atoms with E-state index in [9.17, 15) is 17.6 Å². The Hall–Kier alpha value is -1.30. The van der Waals surface area contributed by atoms with Crippen molar-refractivity contribution in [1.29, 1.82) is 0 Å². The van der Waals surface area contributed by atoms with E-state index in [1.54, 1.807) is 13.8 Å². The van der Waals surface area contributed by atoms with Crippen LogP contribution in [0.4, 0.5) is 23.2 Å². The molecule has 0 heterocycles. The summed E-state index contributed by atoms with van der Waals surface area (Å²) >= 11 is 0. The van der Waals surface area contributed by atoms with E-state index in [-0.39, 0.29) is 23.8 Å². The van der Waals surface area contributed by atoms with Crippen molar-refractivity contribution in [1.82, 2.24) is 4.90 Å². The molecule has 0 atom stereocenters. The molecule has 0 unspecified atom stereocenters. The second kappa shape index (κ2) is 5.56. The Labute approximate surface area is 103 Å². The SMILES string of the molecule is CC(C)N(Cc1c(N)cccc1F)CC(F)(F)F. The number of nitrogen functional groups attached to an aromatic ring is 1. The molecule has 102 valence electrons. The zero-order valence-electron chi connectivity index (χ0n) is 10.3. The lowest BCUT2D eigenvalue weighted by molar-refractivity contribution is -0.151. The summed E-state index contributed by atoms with van der Waals surface area (Å²) in [6.45, 7) is 2.01. The van der Waals surface area contributed by atoms with Crippen molar-refractivity contribution in [2.24, 2.45) is 0 Å². The molecule has 1 aromatic carbocycles. The largest absolute Gasteiger partial charge is 0.401 e. The van der Waals surface area contributed by atoms with Gasteiger partial charge in [0.25, 0.3) is 0 Å². The average Bonchev–Trinajstić information content (AvgIpc) is 2.20. The lowest BCUT2D eigenvalue weighted by Gasteiger charge is -2.28. The minimum atomic E-state index is -4.32. The minimum Gasteiger partial charge on any atom is -0.398 e. The van der Waals surface area contributed by atoms with Gasteiger partial charge < -0.3 is 5.73 Å². The topological polar surface area (TPSA) is 29.3 Å². The molecule has 0 bridgehead atoms. The van der Waals surface area contributed by atoms with Gasteiger partial charge in [-0.15, -0.1) is 0 Å². The first-order valence-corrected chi connectivity index (χ1v) is 5.54. The normalized spacial score (nSPS) is 12.4. The van der Waals surface area contributed by atoms with E-state index in [1.807, 2.05) is 0 Å². The van der Waals surface area contributed by atoms with Crippen LogP contribution < -0.4 is 5.73 Å². The van der Waals surface area contributed by atoms with Gasteiger partial charge in [-0.05, 0) is 26.0 Å². The van der Waals surface area contributed by atoms with E-state index >= 15 is 0 Å². The molecular weight excluding hydrogens is 248 g/mol. The molecule has 2 nitrogen and oxygen atoms in total. The van der Waals surface area contributed by atoms with Gasteiger partial charge in [-0.3, -0.25) is 4.90 Å². The zero-order valence-corrected chi connectivity index (χ0v) is 10.3. The molecular formula is C12H16F4N2. The van der Waals surface area contributed by atoms with Gasteiger partial charge in [0.05, 0.1) is 6.54 Å². The maximum atomic E-state index is 13.5. The fourth-order valence-electron chi connectivity index (χ4n) is 1.60. The molecule has 1 rings (SSSR count). The van der Waals surface area contributed by atoms with Gasteiger partial charge in [-0.1, -0.05) is 6.07 Å². The summed E-state index contributed by atoms with van der Waals surface area (Å²) in [5.74, 6) is -0.581. The number of anilines is 1. The van der Waals surface area contributed by atoms with Crippen LogP contribution in [-0.4, -0.2) is 23.7 Å². The molecule has 0 aliphatic rings. The highest BCUT2D eigenvalue weighted by Gasteiger charge is 2.32. The number of rotatable bonds is 4. The third-order valence-electron chi connectivity index (χ3n) is 2.63. The monoisotopic (exact) mass is 264 g/mol. The number of halogens is 4. The summed E-state index contributed by atoms with van der Waals surface area (Å²) < 4.78 is 50.7. The van der Waals surface area contributed by atoms with Gasteiger partial charge in [0.1, 0.15) is 5.82 Å². The van der Waals surface area contributed by atoms with Crippen LogP contribution in [0, 0.1) is 5.82 Å². The zero-order chi connectivity index (χ0) is 13.9. The first-order valence-electron chi connectivity index (χ1n) is 5.54. The third-order valence-corrected chi connectivity index (χ3v) is 2.63. The average molecular weight is 264 g/mol. The molecule has 18 heavy (non-hydrogen) atoms. The Morgan fingerprint density at radius 3 is 2.33 bits per heavy atom. The highest BCUT2D eigenvalue weighted by Crippen LogP contribution is 2.23. The number of hydrogen-bond donors (Lipinski definition) is 1. The molecule has 0 amide bonds. The smallest absolute Gasteiger partial charge is 0.398 e. The number of nitrogens with zero attached hydrogens (tertiary/aromatic N) is 1. The molecule has 0 saturated heterocycles. The molecule has 0 aliphatic heterocycles. The minimum absolute atomic E-state index is 0.107. The van der Waals surface area contributed by atoms with Crippen LogP contribution >= 0.6 is 0 Å². The Bertz CT molecular complexity index is 381. The van der Waals surface area contributed by atoms with Crippen LogP contribution in [0.2, 0.25) is 0 Å². The van der Waals surface area contributed by atoms with E-state index in [0.29, 0.717) is 0 Å². The van der Waals surface area contributed by atoms with Crippen LogP contribution in [0.15, 0.2) is 18.2 Å². The number of nitrogens with two attached hydrogens (primary N) is 1. The highest BCUT2D eigenvalue weighted by atomic mass is 19.4. The van der Waals surface area contributed by atoms with Crippen molar-refractivity contribution >= 4 is 5.69 Å². The predicted octanol–water partition coefficient (Wildman–Crippen LogP) is 3.18. The maximum Gasteiger partial charge on any atom is 0.401 e. The van der Waals surface area contributed by atoms with Crippen LogP contribution in [0.5, 0.6) is 0 Å². The van der Waals surface area contributed by atoms with Crippen LogP contribution in [-0.2, 0) is 6.54 Å². The quantitative estimate of drug-likeness (QED) is 0.668. The van der Waals surface area contributed by atoms with Crippen LogP contribution in [0.3, 0.4) is 0 Å². The summed E-state index contributed by atoms with van der Waals surface area (Å²) in [6, 6.07) is 3.74. The summed E-state index contributed by atoms with van der Waals surface area (Å²) in [5, 5.41) is 0. The molecule has 0 aliphatic carbocycles. The fourth-order valence-corrected chi connectivity index (χ4v) is 1.60. The molecule has 0 aromatic heterocycles. The van der Waals surface area contributed by atoms with E-state index < -0.39 is 18.5 Å². The van der Waals surface area contributed by atoms with Gasteiger partial charge in [0.2, 0.25) is 0 Å². The summed E-state index contributed by atoms with van der Waals surface area (Å²) in [6.07, 6.45) is -4.32. The molecule has 2 N–H and O–H groups in total. The van der Waals surface area contributed by atoms with Crippen molar-refractivity contribution < 1.29 is 17.6 Å². The van der Waals surface area contributed by atoms with E-state index in [0.717, 1.165) is 4.90 Å². The van der Waals surface area contributed by atoms with Gasteiger partial charge in [0, 0.05) is 23.8 Å². The molecule has 0 fully saturated rings. The first-order chi connectivity index (χ1) is 8.20. The van der Waals surface area contributed by atoms with Crippen molar-refractivity contribution in [3.63, 3.8) is 0 Å². The Kier molecular flexibility index (Phi) is 4.56. The molecule has 1 aromatic rings. The lowest BCUT2D eigenvalue weighted by Crippen LogP contribution is -2.38. The molecule has 6 heteroatoms. The second-order valence-electron chi connectivity index (χ2n) is 4.42. The summed E-state index contributed by atoms with van der Waals surface area (Å²) in [4.78, 5) is 1.13. The number of hydrogen-bond acceptors (Lipinski definition) is 2. The standard InChI is InChI=1S/C12H16F4N2/c1-8(2)18(7-12(14,15)16)6-9-10(13)4-3-5-11(9)17/h3-5,8H,6-7,17H2,1-2H3. The lowest BCUT2D eigenvalue weighted by atomic mass is 10.1. The number of benzene rings is 1. The Morgan fingerprint density at radius 2 is 1.89 bits per heavy atom. The van der Waals surface area contributed by atoms with Gasteiger partial charge in [-0.25, -0.2) is 4.39 Å². The van der Waals surface area contributed by atoms with Crippen molar-refractivity contribution in [2.75, 3.05) is 12.3 Å².